The molecule has 2 N–H and O–H groups in total. The minimum Gasteiger partial charge on any atom is -0.481 e. The summed E-state index contributed by atoms with van der Waals surface area (Å²) in [5.74, 6) is 0.498. The molecule has 2 aliphatic carbocycles. The third-order valence-corrected chi connectivity index (χ3v) is 5.48. The zero-order valence-corrected chi connectivity index (χ0v) is 13.6. The Morgan fingerprint density at radius 2 is 1.71 bits per heavy atom. The Labute approximate surface area is 127 Å². The van der Waals surface area contributed by atoms with Gasteiger partial charge in [0.25, 0.3) is 0 Å². The molecule has 4 nitrogen and oxygen atoms in total. The van der Waals surface area contributed by atoms with Crippen molar-refractivity contribution in [3.8, 4) is 0 Å². The average Bonchev–Trinajstić information content (AvgIpc) is 3.17. The van der Waals surface area contributed by atoms with E-state index in [1.54, 1.807) is 0 Å². The SMILES string of the molecule is CC(C)(C)C1CCC(CC(=O)NCC2(C(=O)O)CC2)CC1. The Bertz CT molecular complexity index is 399. The Balaban J connectivity index is 1.69. The summed E-state index contributed by atoms with van der Waals surface area (Å²) in [6.45, 7) is 7.20. The quantitative estimate of drug-likeness (QED) is 0.818. The minimum absolute atomic E-state index is 0.0294. The van der Waals surface area contributed by atoms with Crippen LogP contribution in [0.5, 0.6) is 0 Å². The number of carbonyl (C=O) groups excluding carboxylic acids is 1. The second-order valence-corrected chi connectivity index (χ2v) is 8.15. The number of amides is 1. The molecule has 0 aromatic heterocycles. The summed E-state index contributed by atoms with van der Waals surface area (Å²) in [5, 5.41) is 11.9. The molecule has 120 valence electrons. The third-order valence-electron chi connectivity index (χ3n) is 5.48. The first-order chi connectivity index (χ1) is 9.73. The van der Waals surface area contributed by atoms with Crippen LogP contribution in [0.3, 0.4) is 0 Å². The van der Waals surface area contributed by atoms with E-state index >= 15 is 0 Å². The van der Waals surface area contributed by atoms with E-state index in [4.69, 9.17) is 5.11 Å². The van der Waals surface area contributed by atoms with Gasteiger partial charge in [0.1, 0.15) is 0 Å². The van der Waals surface area contributed by atoms with E-state index in [0.717, 1.165) is 18.8 Å². The summed E-state index contributed by atoms with van der Waals surface area (Å²) in [7, 11) is 0. The first kappa shape index (κ1) is 16.3. The molecular formula is C17H29NO3. The normalized spacial score (nSPS) is 28.0. The molecule has 0 aromatic carbocycles. The molecule has 0 atom stereocenters. The first-order valence-corrected chi connectivity index (χ1v) is 8.23. The fourth-order valence-corrected chi connectivity index (χ4v) is 3.45. The molecule has 0 saturated heterocycles. The molecule has 0 aliphatic heterocycles. The maximum absolute atomic E-state index is 12.0. The molecule has 2 saturated carbocycles. The van der Waals surface area contributed by atoms with Gasteiger partial charge in [-0.3, -0.25) is 9.59 Å². The topological polar surface area (TPSA) is 66.4 Å². The zero-order chi connectivity index (χ0) is 15.7. The lowest BCUT2D eigenvalue weighted by atomic mass is 9.69. The number of carboxylic acid groups (broad SMARTS) is 1. The van der Waals surface area contributed by atoms with Crippen molar-refractivity contribution < 1.29 is 14.7 Å². The van der Waals surface area contributed by atoms with E-state index in [-0.39, 0.29) is 5.91 Å². The second-order valence-electron chi connectivity index (χ2n) is 8.15. The highest BCUT2D eigenvalue weighted by molar-refractivity contribution is 5.81. The zero-order valence-electron chi connectivity index (χ0n) is 13.6. The van der Waals surface area contributed by atoms with Crippen LogP contribution in [0.15, 0.2) is 0 Å². The van der Waals surface area contributed by atoms with Crippen LogP contribution in [0.1, 0.15) is 65.7 Å². The summed E-state index contributed by atoms with van der Waals surface area (Å²) in [6, 6.07) is 0. The molecule has 0 bridgehead atoms. The Hall–Kier alpha value is -1.06. The number of rotatable bonds is 5. The number of carboxylic acids is 1. The predicted octanol–water partition coefficient (Wildman–Crippen LogP) is 3.21. The lowest BCUT2D eigenvalue weighted by Crippen LogP contribution is -2.35. The molecule has 2 fully saturated rings. The minimum atomic E-state index is -0.770. The van der Waals surface area contributed by atoms with E-state index in [2.05, 4.69) is 26.1 Å². The summed E-state index contributed by atoms with van der Waals surface area (Å²) in [5.41, 5.74) is -0.285. The van der Waals surface area contributed by atoms with Gasteiger partial charge in [-0.2, -0.15) is 0 Å². The lowest BCUT2D eigenvalue weighted by molar-refractivity contribution is -0.143. The van der Waals surface area contributed by atoms with Crippen LogP contribution < -0.4 is 5.32 Å². The van der Waals surface area contributed by atoms with Crippen molar-refractivity contribution in [2.75, 3.05) is 6.54 Å². The number of hydrogen-bond acceptors (Lipinski definition) is 2. The number of carbonyl (C=O) groups is 2. The van der Waals surface area contributed by atoms with Gasteiger partial charge in [-0.15, -0.1) is 0 Å². The maximum Gasteiger partial charge on any atom is 0.311 e. The van der Waals surface area contributed by atoms with Crippen LogP contribution in [0.2, 0.25) is 0 Å². The summed E-state index contributed by atoms with van der Waals surface area (Å²) in [4.78, 5) is 23.0. The van der Waals surface area contributed by atoms with Crippen LogP contribution in [0.4, 0.5) is 0 Å². The average molecular weight is 295 g/mol. The number of nitrogens with one attached hydrogen (secondary N) is 1. The van der Waals surface area contributed by atoms with Crippen molar-refractivity contribution in [2.45, 2.75) is 65.7 Å². The van der Waals surface area contributed by atoms with Crippen molar-refractivity contribution in [1.82, 2.24) is 5.32 Å². The van der Waals surface area contributed by atoms with Crippen LogP contribution in [-0.2, 0) is 9.59 Å². The van der Waals surface area contributed by atoms with Gasteiger partial charge in [0, 0.05) is 13.0 Å². The van der Waals surface area contributed by atoms with Crippen LogP contribution >= 0.6 is 0 Å². The standard InChI is InChI=1S/C17H29NO3/c1-16(2,3)13-6-4-12(5-7-13)10-14(19)18-11-17(8-9-17)15(20)21/h12-13H,4-11H2,1-3H3,(H,18,19)(H,20,21). The Kier molecular flexibility index (Phi) is 4.64. The van der Waals surface area contributed by atoms with Gasteiger partial charge in [0.15, 0.2) is 0 Å². The molecule has 0 unspecified atom stereocenters. The highest BCUT2D eigenvalue weighted by Gasteiger charge is 2.50. The van der Waals surface area contributed by atoms with E-state index < -0.39 is 11.4 Å². The van der Waals surface area contributed by atoms with E-state index in [1.165, 1.54) is 12.8 Å². The fraction of sp³-hybridized carbons (Fsp3) is 0.882. The van der Waals surface area contributed by atoms with Gasteiger partial charge in [-0.05, 0) is 55.8 Å². The summed E-state index contributed by atoms with van der Waals surface area (Å²) >= 11 is 0. The monoisotopic (exact) mass is 295 g/mol. The largest absolute Gasteiger partial charge is 0.481 e. The van der Waals surface area contributed by atoms with Crippen molar-refractivity contribution in [1.29, 1.82) is 0 Å². The third kappa shape index (κ3) is 4.21. The first-order valence-electron chi connectivity index (χ1n) is 8.23. The predicted molar refractivity (Wildman–Crippen MR) is 81.8 cm³/mol. The molecule has 0 aromatic rings. The molecule has 0 spiro atoms. The van der Waals surface area contributed by atoms with Gasteiger partial charge in [-0.25, -0.2) is 0 Å². The molecule has 4 heteroatoms. The Morgan fingerprint density at radius 3 is 2.14 bits per heavy atom. The van der Waals surface area contributed by atoms with Gasteiger partial charge >= 0.3 is 5.97 Å². The lowest BCUT2D eigenvalue weighted by Gasteiger charge is -2.36. The number of hydrogen-bond donors (Lipinski definition) is 2. The second kappa shape index (κ2) is 5.98. The van der Waals surface area contributed by atoms with E-state index in [9.17, 15) is 9.59 Å². The van der Waals surface area contributed by atoms with Gasteiger partial charge in [0.05, 0.1) is 5.41 Å². The fourth-order valence-electron chi connectivity index (χ4n) is 3.45. The van der Waals surface area contributed by atoms with Crippen molar-refractivity contribution in [3.05, 3.63) is 0 Å². The molecular weight excluding hydrogens is 266 g/mol. The highest BCUT2D eigenvalue weighted by atomic mass is 16.4. The van der Waals surface area contributed by atoms with Gasteiger partial charge in [-0.1, -0.05) is 20.8 Å². The van der Waals surface area contributed by atoms with Crippen LogP contribution in [0.25, 0.3) is 0 Å². The molecule has 21 heavy (non-hydrogen) atoms. The van der Waals surface area contributed by atoms with Crippen LogP contribution in [0, 0.1) is 22.7 Å². The van der Waals surface area contributed by atoms with E-state index in [0.29, 0.717) is 37.1 Å². The van der Waals surface area contributed by atoms with Crippen molar-refractivity contribution in [3.63, 3.8) is 0 Å². The van der Waals surface area contributed by atoms with Gasteiger partial charge < -0.3 is 10.4 Å². The summed E-state index contributed by atoms with van der Waals surface area (Å²) < 4.78 is 0. The van der Waals surface area contributed by atoms with Crippen LogP contribution in [-0.4, -0.2) is 23.5 Å². The summed E-state index contributed by atoms with van der Waals surface area (Å²) in [6.07, 6.45) is 6.62. The molecule has 2 rings (SSSR count). The Morgan fingerprint density at radius 1 is 1.14 bits per heavy atom. The van der Waals surface area contributed by atoms with E-state index in [1.807, 2.05) is 0 Å². The van der Waals surface area contributed by atoms with Crippen molar-refractivity contribution in [2.24, 2.45) is 22.7 Å². The van der Waals surface area contributed by atoms with Gasteiger partial charge in [0.2, 0.25) is 5.91 Å². The smallest absolute Gasteiger partial charge is 0.311 e. The molecule has 0 radical (unpaired) electrons. The molecule has 1 amide bonds. The molecule has 2 aliphatic rings. The van der Waals surface area contributed by atoms with Crippen molar-refractivity contribution >= 4 is 11.9 Å². The maximum atomic E-state index is 12.0. The molecule has 0 heterocycles. The number of aliphatic carboxylic acids is 1. The highest BCUT2D eigenvalue weighted by Crippen LogP contribution is 2.45.